The van der Waals surface area contributed by atoms with Crippen LogP contribution in [-0.4, -0.2) is 18.5 Å². The van der Waals surface area contributed by atoms with Crippen molar-refractivity contribution in [3.63, 3.8) is 0 Å². The summed E-state index contributed by atoms with van der Waals surface area (Å²) in [5.74, 6) is 0.645. The number of hydrogen-bond acceptors (Lipinski definition) is 2. The molecule has 0 radical (unpaired) electrons. The number of hydrogen-bond donors (Lipinski definition) is 2. The second-order valence-electron chi connectivity index (χ2n) is 5.68. The second kappa shape index (κ2) is 6.71. The monoisotopic (exact) mass is 260 g/mol. The van der Waals surface area contributed by atoms with Gasteiger partial charge < -0.3 is 11.1 Å². The highest BCUT2D eigenvalue weighted by Gasteiger charge is 2.25. The van der Waals surface area contributed by atoms with Crippen LogP contribution in [0.4, 0.5) is 0 Å². The van der Waals surface area contributed by atoms with Crippen LogP contribution >= 0.6 is 0 Å². The molecule has 1 aromatic rings. The third kappa shape index (κ3) is 4.06. The van der Waals surface area contributed by atoms with Crippen LogP contribution in [0.15, 0.2) is 30.3 Å². The number of rotatable bonds is 4. The van der Waals surface area contributed by atoms with Gasteiger partial charge >= 0.3 is 0 Å². The van der Waals surface area contributed by atoms with Gasteiger partial charge in [-0.25, -0.2) is 0 Å². The largest absolute Gasteiger partial charge is 0.355 e. The van der Waals surface area contributed by atoms with Crippen molar-refractivity contribution in [2.45, 2.75) is 44.6 Å². The second-order valence-corrected chi connectivity index (χ2v) is 5.68. The average Bonchev–Trinajstić information content (AvgIpc) is 2.45. The predicted octanol–water partition coefficient (Wildman–Crippen LogP) is 2.42. The van der Waals surface area contributed by atoms with Crippen molar-refractivity contribution in [2.24, 2.45) is 11.7 Å². The van der Waals surface area contributed by atoms with Gasteiger partial charge in [0.25, 0.3) is 0 Å². The topological polar surface area (TPSA) is 55.1 Å². The number of carbonyl (C=O) groups is 1. The smallest absolute Gasteiger partial charge is 0.223 e. The summed E-state index contributed by atoms with van der Waals surface area (Å²) in [5, 5.41) is 3.08. The molecular weight excluding hydrogens is 236 g/mol. The number of nitrogens with two attached hydrogens (primary N) is 1. The summed E-state index contributed by atoms with van der Waals surface area (Å²) < 4.78 is 0. The number of benzene rings is 1. The molecule has 0 heterocycles. The summed E-state index contributed by atoms with van der Waals surface area (Å²) in [4.78, 5) is 12.1. The van der Waals surface area contributed by atoms with Gasteiger partial charge in [0.1, 0.15) is 0 Å². The maximum atomic E-state index is 12.1. The SMILES string of the molecule is CC(CNC(=O)C1CCCC(N)C1)c1ccccc1. The van der Waals surface area contributed by atoms with E-state index < -0.39 is 0 Å². The van der Waals surface area contributed by atoms with E-state index >= 15 is 0 Å². The molecule has 2 rings (SSSR count). The standard InChI is InChI=1S/C16H24N2O/c1-12(13-6-3-2-4-7-13)11-18-16(19)14-8-5-9-15(17)10-14/h2-4,6-7,12,14-15H,5,8-11,17H2,1H3,(H,18,19). The minimum atomic E-state index is 0.117. The fourth-order valence-corrected chi connectivity index (χ4v) is 2.76. The van der Waals surface area contributed by atoms with E-state index in [0.29, 0.717) is 12.5 Å². The van der Waals surface area contributed by atoms with E-state index in [2.05, 4.69) is 24.4 Å². The molecular formula is C16H24N2O. The zero-order valence-corrected chi connectivity index (χ0v) is 11.6. The average molecular weight is 260 g/mol. The molecule has 1 saturated carbocycles. The van der Waals surface area contributed by atoms with E-state index in [9.17, 15) is 4.79 Å². The number of carbonyl (C=O) groups excluding carboxylic acids is 1. The summed E-state index contributed by atoms with van der Waals surface area (Å²) >= 11 is 0. The van der Waals surface area contributed by atoms with Gasteiger partial charge in [0.2, 0.25) is 5.91 Å². The Morgan fingerprint density at radius 2 is 2.11 bits per heavy atom. The first-order chi connectivity index (χ1) is 9.16. The lowest BCUT2D eigenvalue weighted by atomic mass is 9.85. The molecule has 0 aromatic heterocycles. The van der Waals surface area contributed by atoms with Crippen molar-refractivity contribution in [2.75, 3.05) is 6.54 Å². The normalized spacial score (nSPS) is 24.7. The molecule has 1 aromatic carbocycles. The highest BCUT2D eigenvalue weighted by Crippen LogP contribution is 2.23. The van der Waals surface area contributed by atoms with Crippen LogP contribution < -0.4 is 11.1 Å². The molecule has 3 N–H and O–H groups in total. The van der Waals surface area contributed by atoms with E-state index in [-0.39, 0.29) is 17.9 Å². The molecule has 0 spiro atoms. The molecule has 104 valence electrons. The quantitative estimate of drug-likeness (QED) is 0.873. The van der Waals surface area contributed by atoms with Gasteiger partial charge in [-0.2, -0.15) is 0 Å². The van der Waals surface area contributed by atoms with Crippen molar-refractivity contribution in [3.8, 4) is 0 Å². The first-order valence-corrected chi connectivity index (χ1v) is 7.25. The van der Waals surface area contributed by atoms with Crippen LogP contribution in [0.5, 0.6) is 0 Å². The van der Waals surface area contributed by atoms with Crippen molar-refractivity contribution in [1.82, 2.24) is 5.32 Å². The van der Waals surface area contributed by atoms with Crippen molar-refractivity contribution < 1.29 is 4.79 Å². The summed E-state index contributed by atoms with van der Waals surface area (Å²) in [7, 11) is 0. The van der Waals surface area contributed by atoms with E-state index in [1.807, 2.05) is 18.2 Å². The number of nitrogens with one attached hydrogen (secondary N) is 1. The molecule has 0 bridgehead atoms. The highest BCUT2D eigenvalue weighted by atomic mass is 16.1. The molecule has 1 aliphatic carbocycles. The fourth-order valence-electron chi connectivity index (χ4n) is 2.76. The van der Waals surface area contributed by atoms with Gasteiger partial charge in [0.15, 0.2) is 0 Å². The lowest BCUT2D eigenvalue weighted by Crippen LogP contribution is -2.38. The maximum Gasteiger partial charge on any atom is 0.223 e. The molecule has 0 saturated heterocycles. The van der Waals surface area contributed by atoms with Gasteiger partial charge in [0, 0.05) is 18.5 Å². The van der Waals surface area contributed by atoms with Crippen LogP contribution in [-0.2, 0) is 4.79 Å². The molecule has 1 amide bonds. The summed E-state index contributed by atoms with van der Waals surface area (Å²) in [5.41, 5.74) is 7.20. The van der Waals surface area contributed by atoms with E-state index in [0.717, 1.165) is 25.7 Å². The Balaban J connectivity index is 1.80. The van der Waals surface area contributed by atoms with Crippen molar-refractivity contribution in [3.05, 3.63) is 35.9 Å². The predicted molar refractivity (Wildman–Crippen MR) is 77.8 cm³/mol. The Hall–Kier alpha value is -1.35. The van der Waals surface area contributed by atoms with Gasteiger partial charge in [-0.1, -0.05) is 43.7 Å². The van der Waals surface area contributed by atoms with Crippen LogP contribution in [0.25, 0.3) is 0 Å². The van der Waals surface area contributed by atoms with Crippen molar-refractivity contribution >= 4 is 5.91 Å². The van der Waals surface area contributed by atoms with Crippen LogP contribution in [0.3, 0.4) is 0 Å². The summed E-state index contributed by atoms with van der Waals surface area (Å²) in [6.45, 7) is 2.84. The van der Waals surface area contributed by atoms with Gasteiger partial charge in [-0.05, 0) is 30.7 Å². The van der Waals surface area contributed by atoms with Crippen LogP contribution in [0.2, 0.25) is 0 Å². The Bertz CT molecular complexity index is 404. The zero-order chi connectivity index (χ0) is 13.7. The van der Waals surface area contributed by atoms with Gasteiger partial charge in [-0.15, -0.1) is 0 Å². The molecule has 1 fully saturated rings. The third-order valence-electron chi connectivity index (χ3n) is 4.04. The Kier molecular flexibility index (Phi) is 4.97. The number of amides is 1. The fraction of sp³-hybridized carbons (Fsp3) is 0.562. The van der Waals surface area contributed by atoms with E-state index in [4.69, 9.17) is 5.73 Å². The lowest BCUT2D eigenvalue weighted by Gasteiger charge is -2.26. The Morgan fingerprint density at radius 1 is 1.37 bits per heavy atom. The van der Waals surface area contributed by atoms with E-state index in [1.165, 1.54) is 5.56 Å². The van der Waals surface area contributed by atoms with Gasteiger partial charge in [0.05, 0.1) is 0 Å². The van der Waals surface area contributed by atoms with Crippen LogP contribution in [0, 0.1) is 5.92 Å². The molecule has 3 heteroatoms. The summed E-state index contributed by atoms with van der Waals surface area (Å²) in [6.07, 6.45) is 3.96. The molecule has 0 aliphatic heterocycles. The minimum absolute atomic E-state index is 0.117. The Morgan fingerprint density at radius 3 is 2.79 bits per heavy atom. The molecule has 3 nitrogen and oxygen atoms in total. The first kappa shape index (κ1) is 14.1. The molecule has 1 aliphatic rings. The maximum absolute atomic E-state index is 12.1. The van der Waals surface area contributed by atoms with E-state index in [1.54, 1.807) is 0 Å². The zero-order valence-electron chi connectivity index (χ0n) is 11.6. The van der Waals surface area contributed by atoms with Crippen LogP contribution in [0.1, 0.15) is 44.1 Å². The molecule has 19 heavy (non-hydrogen) atoms. The lowest BCUT2D eigenvalue weighted by molar-refractivity contribution is -0.126. The summed E-state index contributed by atoms with van der Waals surface area (Å²) in [6, 6.07) is 10.5. The third-order valence-corrected chi connectivity index (χ3v) is 4.04. The molecule has 3 unspecified atom stereocenters. The molecule has 3 atom stereocenters. The van der Waals surface area contributed by atoms with Gasteiger partial charge in [-0.3, -0.25) is 4.79 Å². The highest BCUT2D eigenvalue weighted by molar-refractivity contribution is 5.78. The first-order valence-electron chi connectivity index (χ1n) is 7.25. The van der Waals surface area contributed by atoms with Crippen molar-refractivity contribution in [1.29, 1.82) is 0 Å². The Labute approximate surface area is 115 Å². The minimum Gasteiger partial charge on any atom is -0.355 e.